The first-order chi connectivity index (χ1) is 14.7. The summed E-state index contributed by atoms with van der Waals surface area (Å²) >= 11 is 1.30. The highest BCUT2D eigenvalue weighted by atomic mass is 32.2. The van der Waals surface area contributed by atoms with Crippen molar-refractivity contribution in [3.63, 3.8) is 0 Å². The van der Waals surface area contributed by atoms with Gasteiger partial charge in [0.2, 0.25) is 0 Å². The number of ether oxygens (including phenoxy) is 1. The minimum atomic E-state index is -1.32. The number of hydrogen-bond donors (Lipinski definition) is 0. The largest absolute Gasteiger partial charge is 0.376 e. The van der Waals surface area contributed by atoms with Crippen LogP contribution in [0, 0.1) is 5.92 Å². The van der Waals surface area contributed by atoms with E-state index in [1.165, 1.54) is 11.8 Å². The summed E-state index contributed by atoms with van der Waals surface area (Å²) in [5.41, 5.74) is 1.99. The molecule has 1 unspecified atom stereocenters. The molecule has 0 saturated heterocycles. The molecule has 0 spiro atoms. The summed E-state index contributed by atoms with van der Waals surface area (Å²) in [4.78, 5) is 28.1. The molecule has 1 atom stereocenters. The van der Waals surface area contributed by atoms with E-state index < -0.39 is 10.7 Å². The number of Topliss-reactive ketones (excluding diaryl/α,β-unsaturated/α-hetero) is 2. The zero-order valence-electron chi connectivity index (χ0n) is 16.5. The smallest absolute Gasteiger partial charge is 0.188 e. The monoisotopic (exact) mass is 414 g/mol. The number of benzene rings is 3. The highest BCUT2D eigenvalue weighted by Crippen LogP contribution is 2.48. The number of hydrogen-bond acceptors (Lipinski definition) is 4. The zero-order chi connectivity index (χ0) is 21.0. The van der Waals surface area contributed by atoms with E-state index in [-0.39, 0.29) is 18.2 Å². The van der Waals surface area contributed by atoms with Crippen molar-refractivity contribution in [3.05, 3.63) is 114 Å². The number of carbonyl (C=O) groups is 2. The molecular formula is C26H22O3S. The second kappa shape index (κ2) is 8.82. The fourth-order valence-electron chi connectivity index (χ4n) is 3.79. The minimum absolute atomic E-state index is 0.176. The van der Waals surface area contributed by atoms with Crippen molar-refractivity contribution in [1.29, 1.82) is 0 Å². The van der Waals surface area contributed by atoms with Gasteiger partial charge in [0.1, 0.15) is 0 Å². The van der Waals surface area contributed by atoms with Crippen molar-refractivity contribution >= 4 is 23.3 Å². The SMILES string of the molecule is C=CC(COCc1ccccc1)C1(Sc2ccccc2)C(=O)c2ccccc2C1=O. The number of ketones is 2. The van der Waals surface area contributed by atoms with E-state index in [1.807, 2.05) is 60.7 Å². The molecular weight excluding hydrogens is 392 g/mol. The lowest BCUT2D eigenvalue weighted by Gasteiger charge is -2.32. The fourth-order valence-corrected chi connectivity index (χ4v) is 5.18. The van der Waals surface area contributed by atoms with Crippen LogP contribution in [0.1, 0.15) is 26.3 Å². The first-order valence-electron chi connectivity index (χ1n) is 9.83. The van der Waals surface area contributed by atoms with E-state index in [2.05, 4.69) is 6.58 Å². The first kappa shape index (κ1) is 20.3. The van der Waals surface area contributed by atoms with Crippen molar-refractivity contribution in [2.45, 2.75) is 16.2 Å². The standard InChI is InChI=1S/C26H22O3S/c1-2-20(18-29-17-19-11-5-3-6-12-19)26(30-21-13-7-4-8-14-21)24(27)22-15-9-10-16-23(22)25(26)28/h2-16,20H,1,17-18H2. The fraction of sp³-hybridized carbons (Fsp3) is 0.154. The Morgan fingerprint density at radius 3 is 1.93 bits per heavy atom. The van der Waals surface area contributed by atoms with Gasteiger partial charge in [-0.15, -0.1) is 18.3 Å². The van der Waals surface area contributed by atoms with Crippen molar-refractivity contribution < 1.29 is 14.3 Å². The molecule has 1 aliphatic carbocycles. The molecule has 30 heavy (non-hydrogen) atoms. The number of rotatable bonds is 8. The van der Waals surface area contributed by atoms with Crippen LogP contribution < -0.4 is 0 Å². The summed E-state index contributed by atoms with van der Waals surface area (Å²) in [7, 11) is 0. The van der Waals surface area contributed by atoms with Crippen LogP contribution in [0.4, 0.5) is 0 Å². The van der Waals surface area contributed by atoms with Crippen molar-refractivity contribution in [2.75, 3.05) is 6.61 Å². The summed E-state index contributed by atoms with van der Waals surface area (Å²) in [5.74, 6) is -0.825. The van der Waals surface area contributed by atoms with E-state index in [9.17, 15) is 9.59 Å². The maximum atomic E-state index is 13.6. The van der Waals surface area contributed by atoms with Gasteiger partial charge in [0.15, 0.2) is 16.3 Å². The Balaban J connectivity index is 1.67. The normalized spacial score (nSPS) is 15.6. The van der Waals surface area contributed by atoms with Gasteiger partial charge in [0, 0.05) is 21.9 Å². The molecule has 1 aliphatic rings. The minimum Gasteiger partial charge on any atom is -0.376 e. The Morgan fingerprint density at radius 1 is 0.833 bits per heavy atom. The molecule has 4 heteroatoms. The lowest BCUT2D eigenvalue weighted by molar-refractivity contribution is 0.0673. The first-order valence-corrected chi connectivity index (χ1v) is 10.7. The highest BCUT2D eigenvalue weighted by Gasteiger charge is 2.57. The molecule has 0 aromatic heterocycles. The second-order valence-electron chi connectivity index (χ2n) is 7.20. The number of fused-ring (bicyclic) bond motifs is 1. The maximum absolute atomic E-state index is 13.6. The third-order valence-electron chi connectivity index (χ3n) is 5.33. The van der Waals surface area contributed by atoms with Gasteiger partial charge in [-0.1, -0.05) is 78.9 Å². The van der Waals surface area contributed by atoms with Gasteiger partial charge in [-0.05, 0) is 17.7 Å². The van der Waals surface area contributed by atoms with Gasteiger partial charge in [-0.3, -0.25) is 9.59 Å². The van der Waals surface area contributed by atoms with E-state index >= 15 is 0 Å². The average molecular weight is 415 g/mol. The Kier molecular flexibility index (Phi) is 5.98. The number of carbonyl (C=O) groups excluding carboxylic acids is 2. The van der Waals surface area contributed by atoms with Crippen LogP contribution in [0.25, 0.3) is 0 Å². The van der Waals surface area contributed by atoms with E-state index in [4.69, 9.17) is 4.74 Å². The molecule has 0 amide bonds. The second-order valence-corrected chi connectivity index (χ2v) is 8.52. The molecule has 0 radical (unpaired) electrons. The van der Waals surface area contributed by atoms with Gasteiger partial charge < -0.3 is 4.74 Å². The zero-order valence-corrected chi connectivity index (χ0v) is 17.3. The van der Waals surface area contributed by atoms with Crippen LogP contribution in [-0.4, -0.2) is 22.9 Å². The van der Waals surface area contributed by atoms with Crippen molar-refractivity contribution in [2.24, 2.45) is 5.92 Å². The van der Waals surface area contributed by atoms with Gasteiger partial charge in [0.05, 0.1) is 13.2 Å². The molecule has 4 rings (SSSR count). The summed E-state index contributed by atoms with van der Waals surface area (Å²) in [6.45, 7) is 4.59. The van der Waals surface area contributed by atoms with Crippen LogP contribution in [0.3, 0.4) is 0 Å². The summed E-state index contributed by atoms with van der Waals surface area (Å²) < 4.78 is 4.64. The Morgan fingerprint density at radius 2 is 1.37 bits per heavy atom. The topological polar surface area (TPSA) is 43.4 Å². The molecule has 0 aliphatic heterocycles. The van der Waals surface area contributed by atoms with Gasteiger partial charge in [-0.25, -0.2) is 0 Å². The van der Waals surface area contributed by atoms with Gasteiger partial charge in [-0.2, -0.15) is 0 Å². The van der Waals surface area contributed by atoms with Gasteiger partial charge in [0.25, 0.3) is 0 Å². The van der Waals surface area contributed by atoms with Crippen molar-refractivity contribution in [1.82, 2.24) is 0 Å². The van der Waals surface area contributed by atoms with Crippen LogP contribution in [0.2, 0.25) is 0 Å². The highest BCUT2D eigenvalue weighted by molar-refractivity contribution is 8.02. The van der Waals surface area contributed by atoms with Crippen LogP contribution >= 0.6 is 11.8 Å². The third kappa shape index (κ3) is 3.64. The van der Waals surface area contributed by atoms with Crippen LogP contribution in [0.15, 0.2) is 102 Å². The maximum Gasteiger partial charge on any atom is 0.188 e. The lowest BCUT2D eigenvalue weighted by atomic mass is 9.87. The van der Waals surface area contributed by atoms with Crippen LogP contribution in [0.5, 0.6) is 0 Å². The number of thioether (sulfide) groups is 1. The van der Waals surface area contributed by atoms with Crippen LogP contribution in [-0.2, 0) is 11.3 Å². The molecule has 0 saturated carbocycles. The Bertz CT molecular complexity index is 1020. The average Bonchev–Trinajstić information content (AvgIpc) is 3.01. The predicted molar refractivity (Wildman–Crippen MR) is 120 cm³/mol. The predicted octanol–water partition coefficient (Wildman–Crippen LogP) is 5.62. The molecule has 150 valence electrons. The quantitative estimate of drug-likeness (QED) is 0.355. The molecule has 0 bridgehead atoms. The Labute approximate surface area is 180 Å². The third-order valence-corrected chi connectivity index (χ3v) is 6.83. The Hall–Kier alpha value is -2.95. The lowest BCUT2D eigenvalue weighted by Crippen LogP contribution is -2.46. The molecule has 0 heterocycles. The summed E-state index contributed by atoms with van der Waals surface area (Å²) in [6, 6.07) is 26.4. The summed E-state index contributed by atoms with van der Waals surface area (Å²) in [6.07, 6.45) is 1.68. The molecule has 3 nitrogen and oxygen atoms in total. The summed E-state index contributed by atoms with van der Waals surface area (Å²) in [5, 5.41) is 0. The molecule has 3 aromatic carbocycles. The van der Waals surface area contributed by atoms with Gasteiger partial charge >= 0.3 is 0 Å². The molecule has 0 fully saturated rings. The van der Waals surface area contributed by atoms with E-state index in [1.54, 1.807) is 30.3 Å². The van der Waals surface area contributed by atoms with Crippen molar-refractivity contribution in [3.8, 4) is 0 Å². The van der Waals surface area contributed by atoms with E-state index in [0.29, 0.717) is 17.7 Å². The molecule has 0 N–H and O–H groups in total. The molecule has 3 aromatic rings. The van der Waals surface area contributed by atoms with E-state index in [0.717, 1.165) is 10.5 Å².